The second kappa shape index (κ2) is 9.11. The monoisotopic (exact) mass is 480 g/mol. The highest BCUT2D eigenvalue weighted by Crippen LogP contribution is 2.69. The summed E-state index contributed by atoms with van der Waals surface area (Å²) in [7, 11) is 0. The quantitative estimate of drug-likeness (QED) is 0.325. The molecule has 0 bridgehead atoms. The van der Waals surface area contributed by atoms with E-state index >= 15 is 0 Å². The molecule has 6 nitrogen and oxygen atoms in total. The van der Waals surface area contributed by atoms with Gasteiger partial charge < -0.3 is 30.6 Å². The second-order valence-electron chi connectivity index (χ2n) is 13.1. The van der Waals surface area contributed by atoms with Crippen molar-refractivity contribution in [1.82, 2.24) is 0 Å². The second-order valence-corrected chi connectivity index (χ2v) is 13.1. The largest absolute Gasteiger partial charge is 0.396 e. The first kappa shape index (κ1) is 26.6. The molecule has 0 aromatic carbocycles. The van der Waals surface area contributed by atoms with E-state index in [0.717, 1.165) is 37.7 Å². The molecule has 13 atom stereocenters. The molecule has 4 aliphatic rings. The van der Waals surface area contributed by atoms with Gasteiger partial charge in [-0.1, -0.05) is 39.8 Å². The van der Waals surface area contributed by atoms with Crippen molar-refractivity contribution in [2.24, 2.45) is 46.3 Å². The summed E-state index contributed by atoms with van der Waals surface area (Å²) in [4.78, 5) is 0. The third-order valence-electron chi connectivity index (χ3n) is 11.3. The minimum atomic E-state index is -1.25. The van der Waals surface area contributed by atoms with Crippen molar-refractivity contribution < 1.29 is 30.6 Å². The highest BCUT2D eigenvalue weighted by molar-refractivity contribution is 5.21. The van der Waals surface area contributed by atoms with Gasteiger partial charge in [-0.05, 0) is 85.4 Å². The van der Waals surface area contributed by atoms with Gasteiger partial charge in [0.2, 0.25) is 0 Å². The van der Waals surface area contributed by atoms with Crippen molar-refractivity contribution in [3.8, 4) is 0 Å². The van der Waals surface area contributed by atoms with Crippen LogP contribution in [-0.4, -0.2) is 67.3 Å². The first-order chi connectivity index (χ1) is 15.8. The summed E-state index contributed by atoms with van der Waals surface area (Å²) >= 11 is 0. The van der Waals surface area contributed by atoms with E-state index in [-0.39, 0.29) is 48.0 Å². The lowest BCUT2D eigenvalue weighted by molar-refractivity contribution is -0.264. The molecular formula is C28H48O6. The van der Waals surface area contributed by atoms with Crippen LogP contribution in [0.15, 0.2) is 12.2 Å². The van der Waals surface area contributed by atoms with E-state index in [1.54, 1.807) is 0 Å². The highest BCUT2D eigenvalue weighted by atomic mass is 16.3. The molecule has 0 saturated heterocycles. The van der Waals surface area contributed by atoms with Crippen LogP contribution in [0.4, 0.5) is 0 Å². The molecule has 4 aliphatic carbocycles. The van der Waals surface area contributed by atoms with Crippen molar-refractivity contribution in [2.45, 2.75) is 109 Å². The molecule has 4 fully saturated rings. The number of hydrogen-bond donors (Lipinski definition) is 6. The van der Waals surface area contributed by atoms with Gasteiger partial charge in [0.15, 0.2) is 0 Å². The van der Waals surface area contributed by atoms with Gasteiger partial charge in [-0.15, -0.1) is 0 Å². The van der Waals surface area contributed by atoms with E-state index in [1.165, 1.54) is 0 Å². The maximum atomic E-state index is 12.3. The van der Waals surface area contributed by atoms with E-state index in [4.69, 9.17) is 0 Å². The minimum Gasteiger partial charge on any atom is -0.396 e. The average molecular weight is 481 g/mol. The van der Waals surface area contributed by atoms with Gasteiger partial charge in [0, 0.05) is 18.9 Å². The smallest absolute Gasteiger partial charge is 0.0863 e. The Morgan fingerprint density at radius 2 is 1.65 bits per heavy atom. The molecule has 0 aromatic rings. The molecule has 0 spiro atoms. The average Bonchev–Trinajstić information content (AvgIpc) is 2.98. The van der Waals surface area contributed by atoms with E-state index in [9.17, 15) is 30.6 Å². The molecular weight excluding hydrogens is 432 g/mol. The Balaban J connectivity index is 1.62. The zero-order valence-corrected chi connectivity index (χ0v) is 21.5. The minimum absolute atomic E-state index is 0.0391. The number of fused-ring (bicyclic) bond motifs is 5. The van der Waals surface area contributed by atoms with Gasteiger partial charge in [0.1, 0.15) is 0 Å². The van der Waals surface area contributed by atoms with E-state index in [2.05, 4.69) is 27.4 Å². The van der Waals surface area contributed by atoms with Crippen molar-refractivity contribution in [2.75, 3.05) is 6.61 Å². The third-order valence-corrected chi connectivity index (χ3v) is 11.3. The third kappa shape index (κ3) is 3.83. The van der Waals surface area contributed by atoms with E-state index in [0.29, 0.717) is 12.8 Å². The van der Waals surface area contributed by atoms with Gasteiger partial charge in [-0.3, -0.25) is 0 Å². The lowest BCUT2D eigenvalue weighted by Gasteiger charge is -2.65. The zero-order chi connectivity index (χ0) is 25.2. The fraction of sp³-hybridized carbons (Fsp3) is 0.929. The van der Waals surface area contributed by atoms with Crippen molar-refractivity contribution >= 4 is 0 Å². The van der Waals surface area contributed by atoms with Crippen LogP contribution in [0.5, 0.6) is 0 Å². The first-order valence-corrected chi connectivity index (χ1v) is 13.5. The molecule has 0 radical (unpaired) electrons. The summed E-state index contributed by atoms with van der Waals surface area (Å²) < 4.78 is 0. The van der Waals surface area contributed by atoms with Crippen LogP contribution >= 0.6 is 0 Å². The molecule has 6 N–H and O–H groups in total. The molecule has 0 aliphatic heterocycles. The molecule has 34 heavy (non-hydrogen) atoms. The number of aliphatic hydroxyl groups excluding tert-OH is 5. The van der Waals surface area contributed by atoms with Crippen LogP contribution in [-0.2, 0) is 0 Å². The van der Waals surface area contributed by atoms with Gasteiger partial charge in [-0.2, -0.15) is 0 Å². The first-order valence-electron chi connectivity index (χ1n) is 13.5. The summed E-state index contributed by atoms with van der Waals surface area (Å²) in [5.74, 6) is -0.629. The van der Waals surface area contributed by atoms with Gasteiger partial charge in [-0.25, -0.2) is 0 Å². The van der Waals surface area contributed by atoms with Crippen LogP contribution in [0, 0.1) is 46.3 Å². The van der Waals surface area contributed by atoms with Crippen LogP contribution in [0.2, 0.25) is 0 Å². The molecule has 4 rings (SSSR count). The Hall–Kier alpha value is -0.500. The Labute approximate surface area is 205 Å². The number of aliphatic hydroxyl groups is 6. The Morgan fingerprint density at radius 1 is 1.00 bits per heavy atom. The van der Waals surface area contributed by atoms with Crippen LogP contribution < -0.4 is 0 Å². The highest BCUT2D eigenvalue weighted by Gasteiger charge is 2.72. The normalized spacial score (nSPS) is 52.3. The Bertz CT molecular complexity index is 772. The predicted octanol–water partition coefficient (Wildman–Crippen LogP) is 2.63. The van der Waals surface area contributed by atoms with E-state index in [1.807, 2.05) is 6.92 Å². The van der Waals surface area contributed by atoms with Gasteiger partial charge in [0.25, 0.3) is 0 Å². The lowest BCUT2D eigenvalue weighted by atomic mass is 9.42. The molecule has 6 heteroatoms. The molecule has 2 unspecified atom stereocenters. The standard InChI is InChI=1S/C28H48O6/c1-15(17(3)14-29)6-7-16(2)22-23(32)24(33)25-27(22,5)11-9-21-26(4)10-8-18(30)12-19(26)20(31)13-28(21,25)34/h16-25,29-34H,1,6-14H2,2-5H3/t16-,17-,18+,19?,20+,21?,22+,23-,24-,25-,26+,27-,28+/m1/s1. The number of hydrogen-bond acceptors (Lipinski definition) is 6. The fourth-order valence-electron chi connectivity index (χ4n) is 9.48. The maximum absolute atomic E-state index is 12.3. The maximum Gasteiger partial charge on any atom is 0.0863 e. The van der Waals surface area contributed by atoms with Crippen LogP contribution in [0.3, 0.4) is 0 Å². The molecule has 0 aromatic heterocycles. The summed E-state index contributed by atoms with van der Waals surface area (Å²) in [5.41, 5.74) is -0.978. The summed E-state index contributed by atoms with van der Waals surface area (Å²) in [6, 6.07) is 0. The van der Waals surface area contributed by atoms with Crippen LogP contribution in [0.25, 0.3) is 0 Å². The molecule has 0 amide bonds. The SMILES string of the molecule is C=C(CC[C@@H](C)[C@H]1[C@@H](O)[C@@H](O)[C@@H]2[C@]1(C)CCC1[C@@]3(C)CC[C@H](O)CC3[C@@H](O)C[C@]12O)[C@H](C)CO. The van der Waals surface area contributed by atoms with Crippen molar-refractivity contribution in [3.63, 3.8) is 0 Å². The lowest BCUT2D eigenvalue weighted by Crippen LogP contribution is -2.68. The Kier molecular flexibility index (Phi) is 7.12. The predicted molar refractivity (Wildman–Crippen MR) is 131 cm³/mol. The fourth-order valence-corrected chi connectivity index (χ4v) is 9.48. The van der Waals surface area contributed by atoms with Crippen LogP contribution in [0.1, 0.15) is 79.1 Å². The molecule has 4 saturated carbocycles. The summed E-state index contributed by atoms with van der Waals surface area (Å²) in [5, 5.41) is 66.0. The zero-order valence-electron chi connectivity index (χ0n) is 21.5. The van der Waals surface area contributed by atoms with Gasteiger partial charge in [0.05, 0.1) is 30.0 Å². The van der Waals surface area contributed by atoms with Gasteiger partial charge >= 0.3 is 0 Å². The summed E-state index contributed by atoms with van der Waals surface area (Å²) in [6.07, 6.45) is 2.29. The Morgan fingerprint density at radius 3 is 2.29 bits per heavy atom. The molecule has 0 heterocycles. The van der Waals surface area contributed by atoms with Crippen molar-refractivity contribution in [1.29, 1.82) is 0 Å². The topological polar surface area (TPSA) is 121 Å². The summed E-state index contributed by atoms with van der Waals surface area (Å²) in [6.45, 7) is 12.6. The molecule has 196 valence electrons. The van der Waals surface area contributed by atoms with E-state index < -0.39 is 41.3 Å². The number of rotatable bonds is 6. The van der Waals surface area contributed by atoms with Crippen molar-refractivity contribution in [3.05, 3.63) is 12.2 Å².